The highest BCUT2D eigenvalue weighted by molar-refractivity contribution is 5.59. The third-order valence-corrected chi connectivity index (χ3v) is 4.17. The normalized spacial score (nSPS) is 18.9. The molecule has 1 aromatic rings. The Morgan fingerprint density at radius 3 is 2.65 bits per heavy atom. The van der Waals surface area contributed by atoms with Gasteiger partial charge in [0.2, 0.25) is 0 Å². The molecule has 20 heavy (non-hydrogen) atoms. The Balaban J connectivity index is 2.41. The second-order valence-corrected chi connectivity index (χ2v) is 5.97. The number of hydrogen-bond acceptors (Lipinski definition) is 4. The van der Waals surface area contributed by atoms with Gasteiger partial charge in [-0.15, -0.1) is 0 Å². The lowest BCUT2D eigenvalue weighted by molar-refractivity contribution is 0.488. The number of hydrogen-bond donors (Lipinski definition) is 1. The van der Waals surface area contributed by atoms with Crippen LogP contribution < -0.4 is 10.2 Å². The summed E-state index contributed by atoms with van der Waals surface area (Å²) in [6.45, 7) is 13.0. The third-order valence-electron chi connectivity index (χ3n) is 4.17. The topological polar surface area (TPSA) is 41.1 Å². The fourth-order valence-electron chi connectivity index (χ4n) is 3.08. The summed E-state index contributed by atoms with van der Waals surface area (Å²) in [7, 11) is 0. The molecule has 0 saturated carbocycles. The molecule has 4 nitrogen and oxygen atoms in total. The van der Waals surface area contributed by atoms with Crippen LogP contribution in [0.3, 0.4) is 0 Å². The van der Waals surface area contributed by atoms with Crippen molar-refractivity contribution in [3.63, 3.8) is 0 Å². The lowest BCUT2D eigenvalue weighted by Gasteiger charge is -2.30. The van der Waals surface area contributed by atoms with Crippen molar-refractivity contribution >= 4 is 11.6 Å². The lowest BCUT2D eigenvalue weighted by atomic mass is 10.0. The smallest absolute Gasteiger partial charge is 0.137 e. The predicted molar refractivity (Wildman–Crippen MR) is 85.5 cm³/mol. The summed E-state index contributed by atoms with van der Waals surface area (Å²) >= 11 is 0. The highest BCUT2D eigenvalue weighted by Crippen LogP contribution is 2.32. The average Bonchev–Trinajstić information content (AvgIpc) is 2.90. The second kappa shape index (κ2) is 6.42. The number of aromatic nitrogens is 2. The Labute approximate surface area is 123 Å². The van der Waals surface area contributed by atoms with E-state index in [0.29, 0.717) is 12.0 Å². The van der Waals surface area contributed by atoms with Crippen LogP contribution in [0.2, 0.25) is 0 Å². The van der Waals surface area contributed by atoms with E-state index < -0.39 is 0 Å². The van der Waals surface area contributed by atoms with Gasteiger partial charge in [0.1, 0.15) is 17.5 Å². The van der Waals surface area contributed by atoms with E-state index in [1.165, 1.54) is 18.4 Å². The van der Waals surface area contributed by atoms with Crippen LogP contribution in [0, 0.1) is 12.8 Å². The number of nitrogens with one attached hydrogen (secondary N) is 1. The van der Waals surface area contributed by atoms with Gasteiger partial charge in [0.15, 0.2) is 0 Å². The molecular weight excluding hydrogens is 248 g/mol. The van der Waals surface area contributed by atoms with Gasteiger partial charge >= 0.3 is 0 Å². The second-order valence-electron chi connectivity index (χ2n) is 5.97. The van der Waals surface area contributed by atoms with Gasteiger partial charge in [0, 0.05) is 31.1 Å². The van der Waals surface area contributed by atoms with Crippen molar-refractivity contribution in [2.75, 3.05) is 23.3 Å². The van der Waals surface area contributed by atoms with E-state index >= 15 is 0 Å². The summed E-state index contributed by atoms with van der Waals surface area (Å²) in [5.41, 5.74) is 1.19. The molecule has 112 valence electrons. The maximum absolute atomic E-state index is 4.82. The minimum Gasteiger partial charge on any atom is -0.370 e. The van der Waals surface area contributed by atoms with Crippen LogP contribution in [0.15, 0.2) is 0 Å². The predicted octanol–water partition coefficient (Wildman–Crippen LogP) is 3.40. The first kappa shape index (κ1) is 15.1. The summed E-state index contributed by atoms with van der Waals surface area (Å²) in [4.78, 5) is 12.0. The van der Waals surface area contributed by atoms with Gasteiger partial charge in [-0.1, -0.05) is 20.8 Å². The van der Waals surface area contributed by atoms with Crippen molar-refractivity contribution in [2.24, 2.45) is 5.92 Å². The van der Waals surface area contributed by atoms with Crippen LogP contribution in [-0.4, -0.2) is 29.1 Å². The summed E-state index contributed by atoms with van der Waals surface area (Å²) in [5, 5.41) is 3.38. The lowest BCUT2D eigenvalue weighted by Crippen LogP contribution is -2.35. The number of aryl methyl sites for hydroxylation is 1. The van der Waals surface area contributed by atoms with Crippen LogP contribution in [-0.2, 0) is 6.42 Å². The van der Waals surface area contributed by atoms with Gasteiger partial charge in [0.25, 0.3) is 0 Å². The molecule has 1 aliphatic heterocycles. The molecule has 1 aliphatic rings. The third kappa shape index (κ3) is 2.89. The van der Waals surface area contributed by atoms with E-state index in [-0.39, 0.29) is 0 Å². The van der Waals surface area contributed by atoms with Crippen LogP contribution >= 0.6 is 0 Å². The molecule has 0 radical (unpaired) electrons. The van der Waals surface area contributed by atoms with Gasteiger partial charge in [-0.2, -0.15) is 0 Å². The van der Waals surface area contributed by atoms with E-state index in [9.17, 15) is 0 Å². The van der Waals surface area contributed by atoms with Gasteiger partial charge in [-0.25, -0.2) is 9.97 Å². The molecule has 0 amide bonds. The first-order valence-electron chi connectivity index (χ1n) is 7.96. The minimum atomic E-state index is 0.614. The molecule has 2 rings (SSSR count). The first-order valence-corrected chi connectivity index (χ1v) is 7.96. The van der Waals surface area contributed by atoms with Crippen molar-refractivity contribution in [3.05, 3.63) is 11.4 Å². The van der Waals surface area contributed by atoms with Crippen molar-refractivity contribution in [1.29, 1.82) is 0 Å². The Hall–Kier alpha value is -1.32. The van der Waals surface area contributed by atoms with Crippen LogP contribution in [0.1, 0.15) is 51.9 Å². The molecule has 1 fully saturated rings. The Bertz CT molecular complexity index is 456. The summed E-state index contributed by atoms with van der Waals surface area (Å²) < 4.78 is 0. The van der Waals surface area contributed by atoms with Crippen molar-refractivity contribution in [3.8, 4) is 0 Å². The highest BCUT2D eigenvalue weighted by Gasteiger charge is 2.30. The van der Waals surface area contributed by atoms with Crippen LogP contribution in [0.5, 0.6) is 0 Å². The van der Waals surface area contributed by atoms with Crippen LogP contribution in [0.4, 0.5) is 11.6 Å². The molecule has 4 heteroatoms. The molecule has 1 unspecified atom stereocenters. The number of rotatable bonds is 5. The summed E-state index contributed by atoms with van der Waals surface area (Å²) in [6, 6.07) is 0.614. The Morgan fingerprint density at radius 2 is 2.05 bits per heavy atom. The highest BCUT2D eigenvalue weighted by atomic mass is 15.2. The van der Waals surface area contributed by atoms with Gasteiger partial charge in [-0.3, -0.25) is 0 Å². The van der Waals surface area contributed by atoms with Gasteiger partial charge in [-0.05, 0) is 32.6 Å². The molecule has 2 heterocycles. The summed E-state index contributed by atoms with van der Waals surface area (Å²) in [5.74, 6) is 3.75. The SMILES string of the molecule is CCNc1nc(CC)nc(N2CCCC2C(C)C)c1C. The zero-order valence-corrected chi connectivity index (χ0v) is 13.5. The Kier molecular flexibility index (Phi) is 4.84. The van der Waals surface area contributed by atoms with E-state index in [1.807, 2.05) is 0 Å². The number of nitrogens with zero attached hydrogens (tertiary/aromatic N) is 3. The van der Waals surface area contributed by atoms with Crippen molar-refractivity contribution in [2.45, 2.75) is 59.9 Å². The maximum Gasteiger partial charge on any atom is 0.137 e. The molecule has 0 aromatic carbocycles. The average molecular weight is 276 g/mol. The zero-order chi connectivity index (χ0) is 14.7. The minimum absolute atomic E-state index is 0.614. The monoisotopic (exact) mass is 276 g/mol. The molecule has 1 saturated heterocycles. The molecule has 0 bridgehead atoms. The van der Waals surface area contributed by atoms with Gasteiger partial charge < -0.3 is 10.2 Å². The first-order chi connectivity index (χ1) is 9.58. The molecule has 1 atom stereocenters. The summed E-state index contributed by atoms with van der Waals surface area (Å²) in [6.07, 6.45) is 3.43. The number of anilines is 2. The fourth-order valence-corrected chi connectivity index (χ4v) is 3.08. The molecule has 1 aromatic heterocycles. The van der Waals surface area contributed by atoms with Crippen LogP contribution in [0.25, 0.3) is 0 Å². The molecular formula is C16H28N4. The quantitative estimate of drug-likeness (QED) is 0.895. The van der Waals surface area contributed by atoms with E-state index in [4.69, 9.17) is 4.98 Å². The van der Waals surface area contributed by atoms with Crippen molar-refractivity contribution in [1.82, 2.24) is 9.97 Å². The zero-order valence-electron chi connectivity index (χ0n) is 13.5. The van der Waals surface area contributed by atoms with Crippen molar-refractivity contribution < 1.29 is 0 Å². The van der Waals surface area contributed by atoms with E-state index in [1.54, 1.807) is 0 Å². The Morgan fingerprint density at radius 1 is 1.30 bits per heavy atom. The molecule has 0 spiro atoms. The van der Waals surface area contributed by atoms with E-state index in [0.717, 1.165) is 37.0 Å². The molecule has 0 aliphatic carbocycles. The fraction of sp³-hybridized carbons (Fsp3) is 0.750. The largest absolute Gasteiger partial charge is 0.370 e. The maximum atomic E-state index is 4.82. The molecule has 1 N–H and O–H groups in total. The van der Waals surface area contributed by atoms with E-state index in [2.05, 4.69) is 49.8 Å². The standard InChI is InChI=1S/C16H28N4/c1-6-14-18-15(17-7-2)12(5)16(19-14)20-10-8-9-13(20)11(3)4/h11,13H,6-10H2,1-5H3,(H,17,18,19). The van der Waals surface area contributed by atoms with Gasteiger partial charge in [0.05, 0.1) is 0 Å².